The number of aryl methyl sites for hydroxylation is 2. The molecule has 3 aliphatic rings. The number of piperidine rings is 2. The minimum Gasteiger partial charge on any atom is -0.321 e. The first-order chi connectivity index (χ1) is 25.1. The fourth-order valence-electron chi connectivity index (χ4n) is 8.61. The molecule has 0 spiro atoms. The van der Waals surface area contributed by atoms with Crippen LogP contribution in [-0.2, 0) is 16.6 Å². The summed E-state index contributed by atoms with van der Waals surface area (Å²) in [6.45, 7) is 3.82. The van der Waals surface area contributed by atoms with Crippen LogP contribution in [0.2, 0.25) is 0 Å². The third kappa shape index (κ3) is 6.42. The molecule has 1 saturated carbocycles. The van der Waals surface area contributed by atoms with Crippen molar-refractivity contribution in [3.05, 3.63) is 88.2 Å². The van der Waals surface area contributed by atoms with Crippen molar-refractivity contribution in [2.24, 2.45) is 13.0 Å². The number of fused-ring (bicyclic) bond motifs is 2. The molecule has 0 radical (unpaired) electrons. The van der Waals surface area contributed by atoms with Crippen molar-refractivity contribution in [1.82, 2.24) is 34.1 Å². The van der Waals surface area contributed by atoms with Gasteiger partial charge in [0.2, 0.25) is 11.8 Å². The molecule has 13 heteroatoms. The number of hydrogen-bond acceptors (Lipinski definition) is 7. The molecule has 5 heterocycles. The lowest BCUT2D eigenvalue weighted by Crippen LogP contribution is -2.44. The van der Waals surface area contributed by atoms with Gasteiger partial charge in [-0.1, -0.05) is 18.2 Å². The highest BCUT2D eigenvalue weighted by molar-refractivity contribution is 6.04. The van der Waals surface area contributed by atoms with E-state index in [4.69, 9.17) is 5.10 Å². The Balaban J connectivity index is 0.880. The Hall–Kier alpha value is -5.17. The van der Waals surface area contributed by atoms with Crippen molar-refractivity contribution in [2.45, 2.75) is 76.0 Å². The van der Waals surface area contributed by atoms with Crippen LogP contribution in [0.3, 0.4) is 0 Å². The largest absolute Gasteiger partial charge is 0.329 e. The van der Waals surface area contributed by atoms with Crippen LogP contribution in [0.5, 0.6) is 0 Å². The van der Waals surface area contributed by atoms with Crippen LogP contribution in [0.1, 0.15) is 84.7 Å². The fraction of sp³-hybridized carbons (Fsp3) is 0.436. The Morgan fingerprint density at radius 2 is 1.81 bits per heavy atom. The highest BCUT2D eigenvalue weighted by Gasteiger charge is 2.36. The first kappa shape index (κ1) is 33.9. The molecule has 3 aromatic heterocycles. The van der Waals surface area contributed by atoms with E-state index in [0.717, 1.165) is 60.9 Å². The number of halogens is 1. The number of hydrogen-bond donors (Lipinski definition) is 2. The lowest BCUT2D eigenvalue weighted by Gasteiger charge is -2.38. The molecule has 2 aliphatic heterocycles. The Kier molecular flexibility index (Phi) is 8.98. The molecule has 1 unspecified atom stereocenters. The van der Waals surface area contributed by atoms with Crippen molar-refractivity contribution in [2.75, 3.05) is 25.0 Å². The summed E-state index contributed by atoms with van der Waals surface area (Å²) in [5.74, 6) is -0.941. The monoisotopic (exact) mass is 706 g/mol. The second-order valence-electron chi connectivity index (χ2n) is 14.7. The Morgan fingerprint density at radius 1 is 1.00 bits per heavy atom. The van der Waals surface area contributed by atoms with Gasteiger partial charge in [-0.2, -0.15) is 5.10 Å². The molecule has 270 valence electrons. The highest BCUT2D eigenvalue weighted by Crippen LogP contribution is 2.38. The quantitative estimate of drug-likeness (QED) is 0.223. The van der Waals surface area contributed by atoms with Crippen molar-refractivity contribution in [1.29, 1.82) is 0 Å². The molecule has 3 atom stereocenters. The Morgan fingerprint density at radius 3 is 2.58 bits per heavy atom. The number of imidazole rings is 1. The molecule has 1 aliphatic carbocycles. The first-order valence-electron chi connectivity index (χ1n) is 18.3. The molecule has 52 heavy (non-hydrogen) atoms. The number of benzene rings is 2. The normalized spacial score (nSPS) is 24.3. The zero-order chi connectivity index (χ0) is 36.1. The van der Waals surface area contributed by atoms with Gasteiger partial charge in [0.05, 0.1) is 22.6 Å². The van der Waals surface area contributed by atoms with Crippen LogP contribution in [0, 0.1) is 12.8 Å². The van der Waals surface area contributed by atoms with E-state index >= 15 is 4.39 Å². The number of aromatic nitrogens is 5. The second kappa shape index (κ2) is 13.8. The average Bonchev–Trinajstić information content (AvgIpc) is 3.66. The van der Waals surface area contributed by atoms with Crippen LogP contribution in [0.25, 0.3) is 21.9 Å². The summed E-state index contributed by atoms with van der Waals surface area (Å²) in [6, 6.07) is 16.2. The van der Waals surface area contributed by atoms with Crippen molar-refractivity contribution in [3.8, 4) is 0 Å². The number of alkyl halides is 1. The van der Waals surface area contributed by atoms with Crippen molar-refractivity contribution in [3.63, 3.8) is 0 Å². The number of carbonyl (C=O) groups excluding carboxylic acids is 3. The molecule has 2 saturated heterocycles. The highest BCUT2D eigenvalue weighted by atomic mass is 19.1. The molecule has 0 bridgehead atoms. The molecule has 3 fully saturated rings. The van der Waals surface area contributed by atoms with E-state index in [1.54, 1.807) is 19.2 Å². The number of likely N-dealkylation sites (tertiary alicyclic amines) is 1. The van der Waals surface area contributed by atoms with E-state index in [-0.39, 0.29) is 42.3 Å². The zero-order valence-electron chi connectivity index (χ0n) is 29.4. The number of imide groups is 1. The number of para-hydroxylation sites is 1. The summed E-state index contributed by atoms with van der Waals surface area (Å²) in [6.07, 6.45) is 6.11. The number of pyridine rings is 1. The van der Waals surface area contributed by atoms with Gasteiger partial charge in [-0.05, 0) is 99.9 Å². The molecule has 2 aromatic carbocycles. The maximum Gasteiger partial charge on any atom is 0.329 e. The molecule has 2 N–H and O–H groups in total. The van der Waals surface area contributed by atoms with Crippen molar-refractivity contribution >= 4 is 45.3 Å². The topological polar surface area (TPSA) is 136 Å². The Bertz CT molecular complexity index is 2250. The van der Waals surface area contributed by atoms with Gasteiger partial charge in [0.15, 0.2) is 0 Å². The lowest BCUT2D eigenvalue weighted by atomic mass is 9.83. The maximum absolute atomic E-state index is 16.1. The van der Waals surface area contributed by atoms with Gasteiger partial charge >= 0.3 is 5.69 Å². The van der Waals surface area contributed by atoms with E-state index in [1.807, 2.05) is 49.4 Å². The predicted octanol–water partition coefficient (Wildman–Crippen LogP) is 5.18. The van der Waals surface area contributed by atoms with Gasteiger partial charge in [-0.25, -0.2) is 14.2 Å². The van der Waals surface area contributed by atoms with Gasteiger partial charge in [0, 0.05) is 55.4 Å². The fourth-order valence-corrected chi connectivity index (χ4v) is 8.61. The smallest absolute Gasteiger partial charge is 0.321 e. The summed E-state index contributed by atoms with van der Waals surface area (Å²) in [5, 5.41) is 11.1. The third-order valence-electron chi connectivity index (χ3n) is 11.3. The summed E-state index contributed by atoms with van der Waals surface area (Å²) in [4.78, 5) is 57.1. The van der Waals surface area contributed by atoms with Gasteiger partial charge in [-0.3, -0.25) is 33.5 Å². The van der Waals surface area contributed by atoms with Gasteiger partial charge in [0.1, 0.15) is 17.9 Å². The van der Waals surface area contributed by atoms with Gasteiger partial charge in [0.25, 0.3) is 5.91 Å². The molecule has 12 nitrogen and oxygen atoms in total. The van der Waals surface area contributed by atoms with Crippen LogP contribution in [0.15, 0.2) is 65.6 Å². The van der Waals surface area contributed by atoms with Gasteiger partial charge in [-0.15, -0.1) is 0 Å². The molecule has 3 amide bonds. The molecule has 5 aromatic rings. The second-order valence-corrected chi connectivity index (χ2v) is 14.7. The average molecular weight is 707 g/mol. The number of nitrogens with one attached hydrogen (secondary N) is 2. The van der Waals surface area contributed by atoms with Crippen LogP contribution in [0.4, 0.5) is 10.1 Å². The minimum absolute atomic E-state index is 0.169. The van der Waals surface area contributed by atoms with E-state index in [0.29, 0.717) is 41.3 Å². The van der Waals surface area contributed by atoms with Crippen molar-refractivity contribution < 1.29 is 18.8 Å². The third-order valence-corrected chi connectivity index (χ3v) is 11.3. The van der Waals surface area contributed by atoms with E-state index in [2.05, 4.69) is 31.4 Å². The van der Waals surface area contributed by atoms with E-state index in [1.165, 1.54) is 9.13 Å². The van der Waals surface area contributed by atoms with E-state index in [9.17, 15) is 19.2 Å². The molecular formula is C39H43FN8O4. The predicted molar refractivity (Wildman–Crippen MR) is 195 cm³/mol. The van der Waals surface area contributed by atoms with Gasteiger partial charge < -0.3 is 10.2 Å². The number of rotatable bonds is 7. The summed E-state index contributed by atoms with van der Waals surface area (Å²) < 4.78 is 21.1. The summed E-state index contributed by atoms with van der Waals surface area (Å²) in [5.41, 5.74) is 4.45. The van der Waals surface area contributed by atoms with Crippen LogP contribution >= 0.6 is 0 Å². The number of amides is 3. The standard InChI is InChI=1S/C39H43FN8O4/c1-23-5-3-7-32(41-23)37(50)42-26-11-14-31-25(19-26)21-47(44-31)27-12-9-24(10-13-27)20-46-18-17-28(30(40)22-46)29-6-4-8-33-36(29)45(2)39(52)48(33)34-15-16-35(49)43-38(34)51/h3-8,11,14,19,21,24,27-28,30,34H,9-10,12-13,15-18,20,22H2,1-2H3,(H,42,50)(H,43,49,51)/t24?,27?,28-,30+,34?/m0/s1. The lowest BCUT2D eigenvalue weighted by molar-refractivity contribution is -0.135. The first-order valence-corrected chi connectivity index (χ1v) is 18.3. The SMILES string of the molecule is Cc1cccc(C(=O)Nc2ccc3nn(C4CCC(CN5CC[C@@H](c6cccc7c6n(C)c(=O)n7C6CCC(=O)NC6=O)[C@H](F)C5)CC4)cc3c2)n1. The Labute approximate surface area is 300 Å². The number of carbonyl (C=O) groups is 3. The zero-order valence-corrected chi connectivity index (χ0v) is 29.4. The summed E-state index contributed by atoms with van der Waals surface area (Å²) in [7, 11) is 1.67. The van der Waals surface area contributed by atoms with E-state index < -0.39 is 18.1 Å². The number of anilines is 1. The molecule has 8 rings (SSSR count). The van der Waals surface area contributed by atoms with Crippen LogP contribution in [-0.4, -0.2) is 72.3 Å². The molecular weight excluding hydrogens is 663 g/mol. The van der Waals surface area contributed by atoms with Crippen LogP contribution < -0.4 is 16.3 Å². The minimum atomic E-state index is -1.09. The maximum atomic E-state index is 16.1. The summed E-state index contributed by atoms with van der Waals surface area (Å²) >= 11 is 0. The number of nitrogens with zero attached hydrogens (tertiary/aromatic N) is 6.